The molecule has 0 aliphatic heterocycles. The maximum absolute atomic E-state index is 12.4. The quantitative estimate of drug-likeness (QED) is 0.561. The third-order valence-corrected chi connectivity index (χ3v) is 6.13. The van der Waals surface area contributed by atoms with E-state index in [1.165, 1.54) is 16.7 Å². The summed E-state index contributed by atoms with van der Waals surface area (Å²) < 4.78 is 18.2. The fraction of sp³-hybridized carbons (Fsp3) is 0.333. The summed E-state index contributed by atoms with van der Waals surface area (Å²) in [4.78, 5) is 16.6. The maximum Gasteiger partial charge on any atom is 0.232 e. The molecule has 1 atom stereocenters. The van der Waals surface area contributed by atoms with E-state index in [0.29, 0.717) is 23.9 Å². The highest BCUT2D eigenvalue weighted by molar-refractivity contribution is 7.84. The molecular formula is C24H28N2O3S. The van der Waals surface area contributed by atoms with Gasteiger partial charge in [0, 0.05) is 22.9 Å². The average Bonchev–Trinajstić information content (AvgIpc) is 3.09. The molecule has 0 unspecified atom stereocenters. The number of rotatable bonds is 9. The van der Waals surface area contributed by atoms with Crippen molar-refractivity contribution >= 4 is 16.7 Å². The minimum Gasteiger partial charge on any atom is -0.441 e. The number of aryl methyl sites for hydroxylation is 3. The van der Waals surface area contributed by atoms with Crippen molar-refractivity contribution in [3.05, 3.63) is 76.7 Å². The molecule has 1 N–H and O–H groups in total. The van der Waals surface area contributed by atoms with Crippen LogP contribution in [0.1, 0.15) is 35.1 Å². The zero-order chi connectivity index (χ0) is 21.5. The zero-order valence-corrected chi connectivity index (χ0v) is 18.6. The Kier molecular flexibility index (Phi) is 7.57. The first-order chi connectivity index (χ1) is 14.4. The van der Waals surface area contributed by atoms with Crippen LogP contribution < -0.4 is 5.32 Å². The van der Waals surface area contributed by atoms with E-state index < -0.39 is 10.8 Å². The Morgan fingerprint density at radius 2 is 1.70 bits per heavy atom. The molecule has 3 rings (SSSR count). The van der Waals surface area contributed by atoms with Crippen molar-refractivity contribution in [3.8, 4) is 11.5 Å². The first-order valence-corrected chi connectivity index (χ1v) is 11.7. The van der Waals surface area contributed by atoms with E-state index in [1.807, 2.05) is 38.1 Å². The van der Waals surface area contributed by atoms with Crippen molar-refractivity contribution in [2.75, 3.05) is 12.3 Å². The molecule has 158 valence electrons. The number of hydrogen-bond acceptors (Lipinski definition) is 4. The fourth-order valence-electron chi connectivity index (χ4n) is 3.07. The van der Waals surface area contributed by atoms with Crippen LogP contribution in [0, 0.1) is 13.8 Å². The molecule has 6 heteroatoms. The Morgan fingerprint density at radius 3 is 2.37 bits per heavy atom. The van der Waals surface area contributed by atoms with E-state index in [-0.39, 0.29) is 17.4 Å². The van der Waals surface area contributed by atoms with E-state index in [9.17, 15) is 9.00 Å². The first kappa shape index (κ1) is 22.0. The smallest absolute Gasteiger partial charge is 0.232 e. The lowest BCUT2D eigenvalue weighted by molar-refractivity contribution is -0.118. The van der Waals surface area contributed by atoms with Gasteiger partial charge in [0.15, 0.2) is 0 Å². The van der Waals surface area contributed by atoms with Gasteiger partial charge in [0.2, 0.25) is 11.8 Å². The number of carbonyl (C=O) groups excluding carboxylic acids is 1. The molecule has 2 aromatic carbocycles. The molecule has 0 saturated carbocycles. The number of benzene rings is 2. The molecule has 0 bridgehead atoms. The zero-order valence-electron chi connectivity index (χ0n) is 17.7. The van der Waals surface area contributed by atoms with E-state index in [4.69, 9.17) is 4.42 Å². The summed E-state index contributed by atoms with van der Waals surface area (Å²) in [5.41, 5.74) is 5.15. The molecule has 1 aromatic heterocycles. The van der Waals surface area contributed by atoms with Gasteiger partial charge in [0.1, 0.15) is 11.5 Å². The summed E-state index contributed by atoms with van der Waals surface area (Å²) in [7, 11) is -1.35. The molecule has 0 saturated heterocycles. The predicted molar refractivity (Wildman–Crippen MR) is 121 cm³/mol. The monoisotopic (exact) mass is 424 g/mol. The highest BCUT2D eigenvalue weighted by Gasteiger charge is 2.16. The van der Waals surface area contributed by atoms with Crippen LogP contribution in [0.15, 0.2) is 52.9 Å². The van der Waals surface area contributed by atoms with Crippen LogP contribution in [0.5, 0.6) is 0 Å². The second-order valence-electron chi connectivity index (χ2n) is 7.39. The van der Waals surface area contributed by atoms with Crippen molar-refractivity contribution in [2.45, 2.75) is 39.4 Å². The SMILES string of the molecule is CCc1ccc(-c2nc(C[S@](=O)CC(=O)NCCc3ccc(C)cc3)c(C)o2)cc1. The van der Waals surface area contributed by atoms with E-state index in [2.05, 4.69) is 41.5 Å². The molecule has 1 heterocycles. The normalized spacial score (nSPS) is 12.0. The highest BCUT2D eigenvalue weighted by Crippen LogP contribution is 2.23. The molecule has 0 spiro atoms. The van der Waals surface area contributed by atoms with Crippen molar-refractivity contribution in [2.24, 2.45) is 0 Å². The lowest BCUT2D eigenvalue weighted by atomic mass is 10.1. The largest absolute Gasteiger partial charge is 0.441 e. The lowest BCUT2D eigenvalue weighted by Gasteiger charge is -2.05. The summed E-state index contributed by atoms with van der Waals surface area (Å²) in [5.74, 6) is 1.11. The number of hydrogen-bond donors (Lipinski definition) is 1. The number of oxazole rings is 1. The Morgan fingerprint density at radius 1 is 1.03 bits per heavy atom. The van der Waals surface area contributed by atoms with Crippen molar-refractivity contribution < 1.29 is 13.4 Å². The minimum absolute atomic E-state index is 0.0409. The standard InChI is InChI=1S/C24H28N2O3S/c1-4-19-9-11-21(12-10-19)24-26-22(18(3)29-24)15-30(28)16-23(27)25-14-13-20-7-5-17(2)6-8-20/h5-12H,4,13-16H2,1-3H3,(H,25,27)/t30-/m0/s1. The minimum atomic E-state index is -1.35. The van der Waals surface area contributed by atoms with Crippen LogP contribution in [0.25, 0.3) is 11.5 Å². The number of aromatic nitrogens is 1. The first-order valence-electron chi connectivity index (χ1n) is 10.2. The summed E-state index contributed by atoms with van der Waals surface area (Å²) >= 11 is 0. The van der Waals surface area contributed by atoms with E-state index in [1.54, 1.807) is 0 Å². The summed E-state index contributed by atoms with van der Waals surface area (Å²) in [5, 5.41) is 2.84. The third-order valence-electron chi connectivity index (χ3n) is 4.95. The van der Waals surface area contributed by atoms with Crippen LogP contribution in [0.3, 0.4) is 0 Å². The summed E-state index contributed by atoms with van der Waals surface area (Å²) in [6, 6.07) is 16.3. The predicted octanol–water partition coefficient (Wildman–Crippen LogP) is 4.13. The van der Waals surface area contributed by atoms with Crippen molar-refractivity contribution in [1.82, 2.24) is 10.3 Å². The number of nitrogens with one attached hydrogen (secondary N) is 1. The average molecular weight is 425 g/mol. The van der Waals surface area contributed by atoms with Crippen LogP contribution in [0.2, 0.25) is 0 Å². The van der Waals surface area contributed by atoms with Gasteiger partial charge < -0.3 is 9.73 Å². The van der Waals surface area contributed by atoms with Crippen LogP contribution >= 0.6 is 0 Å². The van der Waals surface area contributed by atoms with Gasteiger partial charge in [-0.25, -0.2) is 4.98 Å². The van der Waals surface area contributed by atoms with Gasteiger partial charge in [0.05, 0.1) is 11.4 Å². The molecule has 5 nitrogen and oxygen atoms in total. The molecule has 0 aliphatic carbocycles. The van der Waals surface area contributed by atoms with Crippen LogP contribution in [-0.4, -0.2) is 27.4 Å². The molecule has 30 heavy (non-hydrogen) atoms. The fourth-order valence-corrected chi connectivity index (χ4v) is 4.14. The van der Waals surface area contributed by atoms with Gasteiger partial charge in [-0.3, -0.25) is 9.00 Å². The topological polar surface area (TPSA) is 72.2 Å². The Labute approximate surface area is 180 Å². The summed E-state index contributed by atoms with van der Waals surface area (Å²) in [6.07, 6.45) is 1.73. The highest BCUT2D eigenvalue weighted by atomic mass is 32.2. The van der Waals surface area contributed by atoms with Gasteiger partial charge in [0.25, 0.3) is 0 Å². The van der Waals surface area contributed by atoms with Crippen molar-refractivity contribution in [3.63, 3.8) is 0 Å². The number of nitrogens with zero attached hydrogens (tertiary/aromatic N) is 1. The van der Waals surface area contributed by atoms with Gasteiger partial charge >= 0.3 is 0 Å². The van der Waals surface area contributed by atoms with Crippen molar-refractivity contribution in [1.29, 1.82) is 0 Å². The van der Waals surface area contributed by atoms with Gasteiger partial charge in [-0.2, -0.15) is 0 Å². The summed E-state index contributed by atoms with van der Waals surface area (Å²) in [6.45, 7) is 6.49. The molecule has 0 fully saturated rings. The van der Waals surface area contributed by atoms with Crippen LogP contribution in [-0.2, 0) is 34.2 Å². The number of amides is 1. The van der Waals surface area contributed by atoms with Gasteiger partial charge in [-0.15, -0.1) is 0 Å². The Hall–Kier alpha value is -2.73. The second-order valence-corrected chi connectivity index (χ2v) is 8.84. The Bertz CT molecular complexity index is 1010. The molecule has 1 amide bonds. The van der Waals surface area contributed by atoms with Crippen LogP contribution in [0.4, 0.5) is 0 Å². The maximum atomic E-state index is 12.4. The molecular weight excluding hydrogens is 396 g/mol. The Balaban J connectivity index is 1.49. The lowest BCUT2D eigenvalue weighted by Crippen LogP contribution is -2.30. The molecule has 3 aromatic rings. The number of carbonyl (C=O) groups is 1. The van der Waals surface area contributed by atoms with E-state index in [0.717, 1.165) is 18.4 Å². The molecule has 0 aliphatic rings. The van der Waals surface area contributed by atoms with Gasteiger partial charge in [-0.1, -0.05) is 48.9 Å². The van der Waals surface area contributed by atoms with Gasteiger partial charge in [-0.05, 0) is 49.9 Å². The van der Waals surface area contributed by atoms with E-state index >= 15 is 0 Å². The third kappa shape index (κ3) is 6.13. The molecule has 0 radical (unpaired) electrons. The second kappa shape index (κ2) is 10.3.